The molecule has 0 aromatic rings. The van der Waals surface area contributed by atoms with E-state index in [1.54, 1.807) is 0 Å². The summed E-state index contributed by atoms with van der Waals surface area (Å²) in [6.45, 7) is -0.356. The van der Waals surface area contributed by atoms with Gasteiger partial charge in [-0.1, -0.05) is 0 Å². The molecule has 0 aromatic heterocycles. The molecular weight excluding hydrogens is 252 g/mol. The van der Waals surface area contributed by atoms with E-state index in [9.17, 15) is 4.79 Å². The Hall–Kier alpha value is -0.650. The quantitative estimate of drug-likeness (QED) is 0.229. The van der Waals surface area contributed by atoms with E-state index in [1.807, 2.05) is 0 Å². The van der Waals surface area contributed by atoms with Crippen LogP contribution in [0.3, 0.4) is 0 Å². The smallest absolute Gasteiger partial charge is 0.212 e. The molecular formula is C9H22O9. The number of Topliss-reactive ketones (excluding diaryl/α,β-unsaturated/α-hetero) is 1. The number of carbonyl (C=O) groups is 1. The van der Waals surface area contributed by atoms with Crippen molar-refractivity contribution in [3.8, 4) is 0 Å². The average molecular weight is 274 g/mol. The third-order valence-electron chi connectivity index (χ3n) is 1.21. The molecule has 18 heavy (non-hydrogen) atoms. The van der Waals surface area contributed by atoms with Crippen molar-refractivity contribution in [2.45, 2.75) is 25.4 Å². The highest BCUT2D eigenvalue weighted by Crippen LogP contribution is 1.72. The second kappa shape index (κ2) is 16.4. The van der Waals surface area contributed by atoms with Gasteiger partial charge in [0.2, 0.25) is 6.29 Å². The number of carbonyl (C=O) groups excluding carboxylic acids is 1. The van der Waals surface area contributed by atoms with Crippen LogP contribution >= 0.6 is 0 Å². The highest BCUT2D eigenvalue weighted by Gasteiger charge is 1.99. The molecule has 8 N–H and O–H groups in total. The third kappa shape index (κ3) is 24.5. The average Bonchev–Trinajstić information content (AvgIpc) is 2.37. The van der Waals surface area contributed by atoms with Crippen LogP contribution in [0.1, 0.15) is 6.92 Å². The summed E-state index contributed by atoms with van der Waals surface area (Å²) in [6, 6.07) is 0. The zero-order chi connectivity index (χ0) is 15.1. The van der Waals surface area contributed by atoms with Gasteiger partial charge in [0.25, 0.3) is 0 Å². The van der Waals surface area contributed by atoms with E-state index in [4.69, 9.17) is 40.9 Å². The predicted octanol–water partition coefficient (Wildman–Crippen LogP) is -4.45. The number of aliphatic hydroxyl groups is 8. The van der Waals surface area contributed by atoms with Gasteiger partial charge in [0.15, 0.2) is 5.78 Å². The topological polar surface area (TPSA) is 179 Å². The number of hydrogen-bond donors (Lipinski definition) is 8. The van der Waals surface area contributed by atoms with E-state index >= 15 is 0 Å². The van der Waals surface area contributed by atoms with Crippen LogP contribution in [0.5, 0.6) is 0 Å². The maximum absolute atomic E-state index is 9.64. The van der Waals surface area contributed by atoms with Gasteiger partial charge >= 0.3 is 0 Å². The summed E-state index contributed by atoms with van der Waals surface area (Å²) in [5.41, 5.74) is 0. The van der Waals surface area contributed by atoms with Gasteiger partial charge in [-0.15, -0.1) is 0 Å². The largest absolute Gasteiger partial charge is 0.394 e. The molecule has 0 fully saturated rings. The molecule has 9 nitrogen and oxygen atoms in total. The van der Waals surface area contributed by atoms with Gasteiger partial charge in [-0.05, 0) is 6.92 Å². The van der Waals surface area contributed by atoms with Crippen LogP contribution in [0.25, 0.3) is 0 Å². The Morgan fingerprint density at radius 1 is 0.778 bits per heavy atom. The van der Waals surface area contributed by atoms with E-state index < -0.39 is 24.3 Å². The summed E-state index contributed by atoms with van der Waals surface area (Å²) in [5, 5.41) is 63.7. The molecule has 0 unspecified atom stereocenters. The number of ketones is 1. The third-order valence-corrected chi connectivity index (χ3v) is 1.21. The second-order valence-electron chi connectivity index (χ2n) is 3.02. The van der Waals surface area contributed by atoms with Gasteiger partial charge in [-0.3, -0.25) is 4.79 Å². The molecule has 0 saturated heterocycles. The summed E-state index contributed by atoms with van der Waals surface area (Å²) in [7, 11) is 0. The Bertz CT molecular complexity index is 155. The van der Waals surface area contributed by atoms with Crippen molar-refractivity contribution in [2.24, 2.45) is 0 Å². The lowest BCUT2D eigenvalue weighted by Gasteiger charge is -1.96. The maximum atomic E-state index is 9.64. The van der Waals surface area contributed by atoms with Crippen molar-refractivity contribution in [1.82, 2.24) is 0 Å². The SMILES string of the molecule is CC(=O)C(O)O.OCC(O)CO.OCC(O)CO. The monoisotopic (exact) mass is 274 g/mol. The van der Waals surface area contributed by atoms with E-state index in [2.05, 4.69) is 0 Å². The molecule has 0 saturated carbocycles. The predicted molar refractivity (Wildman–Crippen MR) is 59.3 cm³/mol. The van der Waals surface area contributed by atoms with E-state index in [0.29, 0.717) is 0 Å². The summed E-state index contributed by atoms with van der Waals surface area (Å²) >= 11 is 0. The van der Waals surface area contributed by atoms with Gasteiger partial charge in [0, 0.05) is 0 Å². The van der Waals surface area contributed by atoms with Gasteiger partial charge in [-0.25, -0.2) is 0 Å². The minimum Gasteiger partial charge on any atom is -0.394 e. The van der Waals surface area contributed by atoms with Crippen molar-refractivity contribution < 1.29 is 45.6 Å². The molecule has 112 valence electrons. The Morgan fingerprint density at radius 2 is 0.944 bits per heavy atom. The van der Waals surface area contributed by atoms with Gasteiger partial charge < -0.3 is 40.9 Å². The molecule has 0 amide bonds. The zero-order valence-electron chi connectivity index (χ0n) is 10.0. The zero-order valence-corrected chi connectivity index (χ0v) is 10.0. The fourth-order valence-corrected chi connectivity index (χ4v) is 0.115. The van der Waals surface area contributed by atoms with Crippen LogP contribution in [0.15, 0.2) is 0 Å². The Labute approximate surface area is 104 Å². The van der Waals surface area contributed by atoms with Crippen LogP contribution in [-0.2, 0) is 4.79 Å². The second-order valence-corrected chi connectivity index (χ2v) is 3.02. The van der Waals surface area contributed by atoms with Crippen LogP contribution in [0.4, 0.5) is 0 Å². The molecule has 0 heterocycles. The van der Waals surface area contributed by atoms with Crippen molar-refractivity contribution in [2.75, 3.05) is 26.4 Å². The molecule has 9 heteroatoms. The van der Waals surface area contributed by atoms with Crippen LogP contribution in [-0.4, -0.2) is 91.6 Å². The summed E-state index contributed by atoms with van der Waals surface area (Å²) in [6.07, 6.45) is -3.69. The molecule has 0 aliphatic rings. The molecule has 0 rings (SSSR count). The first kappa shape index (κ1) is 22.5. The van der Waals surface area contributed by atoms with Crippen molar-refractivity contribution in [3.63, 3.8) is 0 Å². The van der Waals surface area contributed by atoms with E-state index in [1.165, 1.54) is 0 Å². The Morgan fingerprint density at radius 3 is 0.944 bits per heavy atom. The van der Waals surface area contributed by atoms with Crippen molar-refractivity contribution in [3.05, 3.63) is 0 Å². The minimum absolute atomic E-state index is 0.365. The Kier molecular flexibility index (Phi) is 20.5. The fourth-order valence-electron chi connectivity index (χ4n) is 0.115. The fraction of sp³-hybridized carbons (Fsp3) is 0.889. The highest BCUT2D eigenvalue weighted by atomic mass is 16.5. The molecule has 0 aromatic carbocycles. The van der Waals surface area contributed by atoms with Crippen molar-refractivity contribution in [1.29, 1.82) is 0 Å². The standard InChI is InChI=1S/2C3H8O3.C3H6O3/c2*4-1-3(6)2-5;1-2(4)3(5)6/h2*3-6H,1-2H2;3,5-6H,1H3. The van der Waals surface area contributed by atoms with Gasteiger partial charge in [0.1, 0.15) is 12.2 Å². The lowest BCUT2D eigenvalue weighted by atomic mass is 10.4. The lowest BCUT2D eigenvalue weighted by Crippen LogP contribution is -2.15. The van der Waals surface area contributed by atoms with Crippen molar-refractivity contribution >= 4 is 5.78 Å². The van der Waals surface area contributed by atoms with Gasteiger partial charge in [-0.2, -0.15) is 0 Å². The van der Waals surface area contributed by atoms with Crippen LogP contribution in [0.2, 0.25) is 0 Å². The summed E-state index contributed by atoms with van der Waals surface area (Å²) < 4.78 is 0. The number of hydrogen-bond acceptors (Lipinski definition) is 9. The maximum Gasteiger partial charge on any atom is 0.212 e. The molecule has 0 atom stereocenters. The first-order chi connectivity index (χ1) is 8.26. The van der Waals surface area contributed by atoms with E-state index in [0.717, 1.165) is 6.92 Å². The van der Waals surface area contributed by atoms with E-state index in [-0.39, 0.29) is 26.4 Å². The molecule has 0 aliphatic heterocycles. The van der Waals surface area contributed by atoms with Gasteiger partial charge in [0.05, 0.1) is 26.4 Å². The minimum atomic E-state index is -1.79. The van der Waals surface area contributed by atoms with Crippen LogP contribution < -0.4 is 0 Å². The molecule has 0 aliphatic carbocycles. The molecule has 0 bridgehead atoms. The normalized spacial score (nSPS) is 9.78. The van der Waals surface area contributed by atoms with Crippen LogP contribution in [0, 0.1) is 0 Å². The first-order valence-corrected chi connectivity index (χ1v) is 4.92. The summed E-state index contributed by atoms with van der Waals surface area (Å²) in [5.74, 6) is -0.630. The first-order valence-electron chi connectivity index (χ1n) is 4.92. The number of aliphatic hydroxyl groups excluding tert-OH is 7. The number of rotatable bonds is 5. The highest BCUT2D eigenvalue weighted by molar-refractivity contribution is 5.78. The summed E-state index contributed by atoms with van der Waals surface area (Å²) in [4.78, 5) is 9.64. The molecule has 0 radical (unpaired) electrons. The lowest BCUT2D eigenvalue weighted by molar-refractivity contribution is -0.142. The Balaban J connectivity index is -0.000000187. The molecule has 0 spiro atoms.